The summed E-state index contributed by atoms with van der Waals surface area (Å²) in [4.78, 5) is 28.2. The summed E-state index contributed by atoms with van der Waals surface area (Å²) in [6.07, 6.45) is 0.722. The molecule has 1 aromatic heterocycles. The Morgan fingerprint density at radius 1 is 1.20 bits per heavy atom. The molecule has 0 spiro atoms. The largest absolute Gasteiger partial charge is 0.508 e. The molecule has 3 N–H and O–H groups in total. The number of aliphatic hydroxyl groups is 1. The summed E-state index contributed by atoms with van der Waals surface area (Å²) < 4.78 is 1.36. The summed E-state index contributed by atoms with van der Waals surface area (Å²) in [5.41, 5.74) is 3.87. The average Bonchev–Trinajstić information content (AvgIpc) is 3.05. The lowest BCUT2D eigenvalue weighted by atomic mass is 9.93. The van der Waals surface area contributed by atoms with Crippen LogP contribution in [0.15, 0.2) is 47.3 Å². The highest BCUT2D eigenvalue weighted by Crippen LogP contribution is 2.32. The summed E-state index contributed by atoms with van der Waals surface area (Å²) in [5, 5.41) is 22.2. The third-order valence-electron chi connectivity index (χ3n) is 5.78. The number of hydrogen-bond acceptors (Lipinski definition) is 4. The fourth-order valence-corrected chi connectivity index (χ4v) is 4.11. The zero-order valence-electron chi connectivity index (χ0n) is 17.1. The van der Waals surface area contributed by atoms with E-state index in [4.69, 9.17) is 0 Å². The fraction of sp³-hybridized carbons (Fsp3) is 0.304. The number of H-pyrrole nitrogens is 1. The molecule has 7 nitrogen and oxygen atoms in total. The Kier molecular flexibility index (Phi) is 5.22. The number of aromatic nitrogens is 2. The van der Waals surface area contributed by atoms with Crippen molar-refractivity contribution in [3.8, 4) is 11.4 Å². The predicted molar refractivity (Wildman–Crippen MR) is 113 cm³/mol. The van der Waals surface area contributed by atoms with Crippen molar-refractivity contribution in [3.05, 3.63) is 80.8 Å². The highest BCUT2D eigenvalue weighted by molar-refractivity contribution is 5.94. The van der Waals surface area contributed by atoms with Crippen LogP contribution in [0.2, 0.25) is 0 Å². The molecular formula is C23H25N3O4. The highest BCUT2D eigenvalue weighted by Gasteiger charge is 2.31. The molecule has 1 aliphatic rings. The number of aromatic hydroxyl groups is 1. The third-order valence-corrected chi connectivity index (χ3v) is 5.78. The summed E-state index contributed by atoms with van der Waals surface area (Å²) in [7, 11) is 0. The molecule has 156 valence electrons. The average molecular weight is 407 g/mol. The molecule has 0 radical (unpaired) electrons. The van der Waals surface area contributed by atoms with Gasteiger partial charge in [-0.3, -0.25) is 14.7 Å². The molecule has 2 heterocycles. The smallest absolute Gasteiger partial charge is 0.275 e. The van der Waals surface area contributed by atoms with E-state index in [-0.39, 0.29) is 47.5 Å². The van der Waals surface area contributed by atoms with Crippen LogP contribution in [0.5, 0.6) is 5.75 Å². The number of nitrogens with one attached hydrogen (secondary N) is 1. The Hall–Kier alpha value is -3.32. The van der Waals surface area contributed by atoms with E-state index in [1.54, 1.807) is 17.0 Å². The van der Waals surface area contributed by atoms with Crippen LogP contribution in [-0.4, -0.2) is 44.0 Å². The van der Waals surface area contributed by atoms with Crippen LogP contribution in [-0.2, 0) is 12.8 Å². The lowest BCUT2D eigenvalue weighted by Gasteiger charge is -2.35. The topological polar surface area (TPSA) is 98.6 Å². The molecule has 4 rings (SSSR count). The molecule has 0 aliphatic carbocycles. The number of benzene rings is 2. The summed E-state index contributed by atoms with van der Waals surface area (Å²) >= 11 is 0. The van der Waals surface area contributed by atoms with Gasteiger partial charge in [-0.05, 0) is 55.7 Å². The van der Waals surface area contributed by atoms with Gasteiger partial charge in [-0.1, -0.05) is 23.8 Å². The number of rotatable bonds is 4. The van der Waals surface area contributed by atoms with Gasteiger partial charge in [0, 0.05) is 19.6 Å². The molecule has 3 aromatic rings. The van der Waals surface area contributed by atoms with E-state index in [1.165, 1.54) is 4.68 Å². The number of carbonyl (C=O) groups is 1. The van der Waals surface area contributed by atoms with Crippen molar-refractivity contribution in [1.29, 1.82) is 0 Å². The normalized spacial score (nSPS) is 15.8. The number of phenols is 1. The van der Waals surface area contributed by atoms with E-state index < -0.39 is 0 Å². The van der Waals surface area contributed by atoms with Gasteiger partial charge >= 0.3 is 0 Å². The number of fused-ring (bicyclic) bond motifs is 1. The van der Waals surface area contributed by atoms with E-state index in [2.05, 4.69) is 5.10 Å². The Balaban J connectivity index is 1.73. The second-order valence-electron chi connectivity index (χ2n) is 7.72. The van der Waals surface area contributed by atoms with Crippen molar-refractivity contribution in [1.82, 2.24) is 14.7 Å². The van der Waals surface area contributed by atoms with Gasteiger partial charge in [0.25, 0.3) is 11.5 Å². The van der Waals surface area contributed by atoms with Crippen LogP contribution in [0.4, 0.5) is 0 Å². The number of phenolic OH excluding ortho intramolecular Hbond substituents is 1. The molecule has 0 bridgehead atoms. The van der Waals surface area contributed by atoms with Crippen LogP contribution in [0.1, 0.15) is 45.7 Å². The summed E-state index contributed by atoms with van der Waals surface area (Å²) in [6, 6.07) is 12.4. The lowest BCUT2D eigenvalue weighted by molar-refractivity contribution is 0.0669. The van der Waals surface area contributed by atoms with Crippen molar-refractivity contribution >= 4 is 5.91 Å². The van der Waals surface area contributed by atoms with Crippen molar-refractivity contribution in [2.24, 2.45) is 0 Å². The first-order valence-electron chi connectivity index (χ1n) is 10.0. The molecule has 1 atom stereocenters. The minimum absolute atomic E-state index is 0.0992. The maximum atomic E-state index is 13.4. The first-order valence-corrected chi connectivity index (χ1v) is 10.0. The summed E-state index contributed by atoms with van der Waals surface area (Å²) in [6.45, 7) is 4.15. The second-order valence-corrected chi connectivity index (χ2v) is 7.72. The molecule has 7 heteroatoms. The second kappa shape index (κ2) is 7.84. The zero-order valence-corrected chi connectivity index (χ0v) is 17.1. The highest BCUT2D eigenvalue weighted by atomic mass is 16.3. The quantitative estimate of drug-likeness (QED) is 0.619. The maximum Gasteiger partial charge on any atom is 0.275 e. The molecule has 1 aliphatic heterocycles. The minimum atomic E-state index is -0.328. The minimum Gasteiger partial charge on any atom is -0.508 e. The standard InChI is InChI=1S/C23H25N3O4/c1-14-3-5-17(6-4-14)26-22(29)20(10-12-27)21(24-26)23(30)25-11-9-16-13-18(28)7-8-19(16)15(25)2/h3-8,13,15,24,27-28H,9-12H2,1-2H3. The first kappa shape index (κ1) is 20.0. The van der Waals surface area contributed by atoms with Crippen molar-refractivity contribution in [3.63, 3.8) is 0 Å². The van der Waals surface area contributed by atoms with Crippen LogP contribution < -0.4 is 5.56 Å². The van der Waals surface area contributed by atoms with Crippen molar-refractivity contribution in [2.75, 3.05) is 13.2 Å². The Morgan fingerprint density at radius 3 is 2.63 bits per heavy atom. The molecule has 0 fully saturated rings. The molecule has 1 amide bonds. The Bertz CT molecular complexity index is 1140. The van der Waals surface area contributed by atoms with Gasteiger partial charge in [-0.25, -0.2) is 4.68 Å². The number of carbonyl (C=O) groups excluding carboxylic acids is 1. The number of aliphatic hydroxyl groups excluding tert-OH is 1. The van der Waals surface area contributed by atoms with E-state index in [9.17, 15) is 19.8 Å². The molecule has 1 unspecified atom stereocenters. The van der Waals surface area contributed by atoms with E-state index in [0.717, 1.165) is 16.7 Å². The Labute approximate surface area is 174 Å². The van der Waals surface area contributed by atoms with E-state index >= 15 is 0 Å². The molecular weight excluding hydrogens is 382 g/mol. The first-order chi connectivity index (χ1) is 14.4. The predicted octanol–water partition coefficient (Wildman–Crippen LogP) is 2.47. The number of amides is 1. The molecule has 0 saturated heterocycles. The van der Waals surface area contributed by atoms with Crippen LogP contribution >= 0.6 is 0 Å². The van der Waals surface area contributed by atoms with Gasteiger partial charge in [0.2, 0.25) is 0 Å². The maximum absolute atomic E-state index is 13.4. The van der Waals surface area contributed by atoms with E-state index in [0.29, 0.717) is 18.7 Å². The molecule has 2 aromatic carbocycles. The van der Waals surface area contributed by atoms with Gasteiger partial charge in [-0.2, -0.15) is 0 Å². The van der Waals surface area contributed by atoms with Gasteiger partial charge in [-0.15, -0.1) is 0 Å². The van der Waals surface area contributed by atoms with Gasteiger partial charge in [0.15, 0.2) is 0 Å². The zero-order chi connectivity index (χ0) is 21.4. The van der Waals surface area contributed by atoms with E-state index in [1.807, 2.05) is 44.2 Å². The summed E-state index contributed by atoms with van der Waals surface area (Å²) in [5.74, 6) is -0.0573. The van der Waals surface area contributed by atoms with Crippen LogP contribution in [0, 0.1) is 6.92 Å². The van der Waals surface area contributed by atoms with Crippen LogP contribution in [0.25, 0.3) is 5.69 Å². The van der Waals surface area contributed by atoms with Gasteiger partial charge in [0.1, 0.15) is 11.4 Å². The SMILES string of the molecule is Cc1ccc(-n2[nH]c(C(=O)N3CCc4cc(O)ccc4C3C)c(CCO)c2=O)cc1. The van der Waals surface area contributed by atoms with Crippen LogP contribution in [0.3, 0.4) is 0 Å². The Morgan fingerprint density at radius 2 is 1.93 bits per heavy atom. The fourth-order valence-electron chi connectivity index (χ4n) is 4.11. The van der Waals surface area contributed by atoms with Crippen molar-refractivity contribution in [2.45, 2.75) is 32.7 Å². The number of aryl methyl sites for hydroxylation is 1. The number of aromatic amines is 1. The molecule has 30 heavy (non-hydrogen) atoms. The third kappa shape index (κ3) is 3.41. The van der Waals surface area contributed by atoms with Crippen molar-refractivity contribution < 1.29 is 15.0 Å². The number of hydrogen-bond donors (Lipinski definition) is 3. The lowest BCUT2D eigenvalue weighted by Crippen LogP contribution is -2.39. The molecule has 0 saturated carbocycles. The number of nitrogens with zero attached hydrogens (tertiary/aromatic N) is 2. The monoisotopic (exact) mass is 407 g/mol. The van der Waals surface area contributed by atoms with Gasteiger partial charge in [0.05, 0.1) is 17.3 Å². The van der Waals surface area contributed by atoms with Gasteiger partial charge < -0.3 is 15.1 Å².